The van der Waals surface area contributed by atoms with Crippen LogP contribution in [0.3, 0.4) is 0 Å². The van der Waals surface area contributed by atoms with Gasteiger partial charge in [0.2, 0.25) is 5.91 Å². The van der Waals surface area contributed by atoms with Gasteiger partial charge in [0.05, 0.1) is 0 Å². The minimum Gasteiger partial charge on any atom is -0.338 e. The van der Waals surface area contributed by atoms with Crippen LogP contribution >= 0.6 is 0 Å². The molecule has 1 aliphatic heterocycles. The predicted molar refractivity (Wildman–Crippen MR) is 68.9 cm³/mol. The van der Waals surface area contributed by atoms with Crippen molar-refractivity contribution in [1.82, 2.24) is 15.1 Å². The molecule has 17 heavy (non-hydrogen) atoms. The highest BCUT2D eigenvalue weighted by atomic mass is 16.2. The number of likely N-dealkylation sites (N-methyl/N-ethyl adjacent to an activating group) is 2. The summed E-state index contributed by atoms with van der Waals surface area (Å²) in [6, 6.07) is 0.552. The highest BCUT2D eigenvalue weighted by Gasteiger charge is 2.34. The van der Waals surface area contributed by atoms with E-state index in [0.717, 1.165) is 26.1 Å². The molecule has 4 nitrogen and oxygen atoms in total. The van der Waals surface area contributed by atoms with Crippen LogP contribution in [0.2, 0.25) is 0 Å². The molecular weight excluding hydrogens is 214 g/mol. The van der Waals surface area contributed by atoms with Crippen LogP contribution in [0.1, 0.15) is 32.1 Å². The standard InChI is InChI=1S/C13H25N3O/c1-14-10-12-13(17)16(9-5-8-15(12)2)11-6-3-4-7-11/h11-12,14H,3-10H2,1-2H3. The van der Waals surface area contributed by atoms with Crippen LogP contribution in [0.15, 0.2) is 0 Å². The lowest BCUT2D eigenvalue weighted by molar-refractivity contribution is -0.137. The van der Waals surface area contributed by atoms with Crippen molar-refractivity contribution in [3.8, 4) is 0 Å². The van der Waals surface area contributed by atoms with Crippen LogP contribution < -0.4 is 5.32 Å². The molecule has 1 atom stereocenters. The number of nitrogens with one attached hydrogen (secondary N) is 1. The molecule has 0 aromatic rings. The van der Waals surface area contributed by atoms with Gasteiger partial charge in [-0.1, -0.05) is 12.8 Å². The molecule has 4 heteroatoms. The van der Waals surface area contributed by atoms with Crippen molar-refractivity contribution in [1.29, 1.82) is 0 Å². The minimum atomic E-state index is 0.0306. The summed E-state index contributed by atoms with van der Waals surface area (Å²) >= 11 is 0. The van der Waals surface area contributed by atoms with Gasteiger partial charge in [-0.05, 0) is 33.4 Å². The van der Waals surface area contributed by atoms with Crippen molar-refractivity contribution in [2.24, 2.45) is 0 Å². The Morgan fingerprint density at radius 3 is 2.59 bits per heavy atom. The molecule has 1 saturated heterocycles. The predicted octanol–water partition coefficient (Wildman–Crippen LogP) is 0.681. The maximum Gasteiger partial charge on any atom is 0.241 e. The van der Waals surface area contributed by atoms with Crippen LogP contribution in [0, 0.1) is 0 Å². The Kier molecular flexibility index (Phi) is 4.40. The Morgan fingerprint density at radius 1 is 1.24 bits per heavy atom. The fraction of sp³-hybridized carbons (Fsp3) is 0.923. The summed E-state index contributed by atoms with van der Waals surface area (Å²) in [7, 11) is 3.99. The number of amides is 1. The molecule has 1 N–H and O–H groups in total. The fourth-order valence-corrected chi connectivity index (χ4v) is 3.15. The van der Waals surface area contributed by atoms with Crippen molar-refractivity contribution >= 4 is 5.91 Å². The molecule has 0 aromatic heterocycles. The number of hydrogen-bond donors (Lipinski definition) is 1. The molecular formula is C13H25N3O. The van der Waals surface area contributed by atoms with E-state index in [4.69, 9.17) is 0 Å². The Labute approximate surface area is 104 Å². The van der Waals surface area contributed by atoms with Gasteiger partial charge in [-0.15, -0.1) is 0 Å². The van der Waals surface area contributed by atoms with E-state index in [1.165, 1.54) is 25.7 Å². The number of hydrogen-bond acceptors (Lipinski definition) is 3. The zero-order valence-electron chi connectivity index (χ0n) is 11.1. The van der Waals surface area contributed by atoms with Crippen LogP contribution in [-0.4, -0.2) is 61.5 Å². The minimum absolute atomic E-state index is 0.0306. The summed E-state index contributed by atoms with van der Waals surface area (Å²) in [5, 5.41) is 3.15. The molecule has 1 aliphatic carbocycles. The van der Waals surface area contributed by atoms with E-state index in [1.807, 2.05) is 7.05 Å². The molecule has 0 radical (unpaired) electrons. The van der Waals surface area contributed by atoms with Gasteiger partial charge in [0, 0.05) is 25.7 Å². The largest absolute Gasteiger partial charge is 0.338 e. The first-order chi connectivity index (χ1) is 8.24. The van der Waals surface area contributed by atoms with Crippen molar-refractivity contribution in [3.63, 3.8) is 0 Å². The monoisotopic (exact) mass is 239 g/mol. The smallest absolute Gasteiger partial charge is 0.241 e. The molecule has 2 aliphatic rings. The molecule has 2 fully saturated rings. The van der Waals surface area contributed by atoms with Gasteiger partial charge >= 0.3 is 0 Å². The zero-order chi connectivity index (χ0) is 12.3. The van der Waals surface area contributed by atoms with Crippen LogP contribution in [0.25, 0.3) is 0 Å². The average Bonchev–Trinajstić information content (AvgIpc) is 2.80. The third-order valence-corrected chi connectivity index (χ3v) is 4.17. The lowest BCUT2D eigenvalue weighted by Gasteiger charge is -2.31. The van der Waals surface area contributed by atoms with E-state index in [0.29, 0.717) is 11.9 Å². The fourth-order valence-electron chi connectivity index (χ4n) is 3.15. The summed E-state index contributed by atoms with van der Waals surface area (Å²) in [6.07, 6.45) is 6.12. The second-order valence-corrected chi connectivity index (χ2v) is 5.38. The normalized spacial score (nSPS) is 28.7. The second kappa shape index (κ2) is 5.83. The summed E-state index contributed by atoms with van der Waals surface area (Å²) in [4.78, 5) is 16.9. The van der Waals surface area contributed by atoms with Gasteiger partial charge in [-0.3, -0.25) is 9.69 Å². The molecule has 2 rings (SSSR count). The molecule has 1 unspecified atom stereocenters. The number of nitrogens with zero attached hydrogens (tertiary/aromatic N) is 2. The number of carbonyl (C=O) groups excluding carboxylic acids is 1. The van der Waals surface area contributed by atoms with Crippen molar-refractivity contribution < 1.29 is 4.79 Å². The Hall–Kier alpha value is -0.610. The first kappa shape index (κ1) is 12.8. The average molecular weight is 239 g/mol. The number of rotatable bonds is 3. The summed E-state index contributed by atoms with van der Waals surface area (Å²) in [5.41, 5.74) is 0. The van der Waals surface area contributed by atoms with Crippen molar-refractivity contribution in [2.75, 3.05) is 33.7 Å². The van der Waals surface area contributed by atoms with E-state index in [9.17, 15) is 4.79 Å². The Morgan fingerprint density at radius 2 is 1.94 bits per heavy atom. The second-order valence-electron chi connectivity index (χ2n) is 5.38. The lowest BCUT2D eigenvalue weighted by Crippen LogP contribution is -2.51. The topological polar surface area (TPSA) is 35.6 Å². The molecule has 98 valence electrons. The van der Waals surface area contributed by atoms with E-state index in [2.05, 4.69) is 22.2 Å². The SMILES string of the molecule is CNCC1C(=O)N(C2CCCC2)CCCN1C. The highest BCUT2D eigenvalue weighted by Crippen LogP contribution is 2.25. The third-order valence-electron chi connectivity index (χ3n) is 4.17. The van der Waals surface area contributed by atoms with Gasteiger partial charge in [0.25, 0.3) is 0 Å². The third kappa shape index (κ3) is 2.80. The molecule has 0 bridgehead atoms. The first-order valence-electron chi connectivity index (χ1n) is 6.89. The van der Waals surface area contributed by atoms with Gasteiger partial charge in [0.15, 0.2) is 0 Å². The van der Waals surface area contributed by atoms with Crippen molar-refractivity contribution in [3.05, 3.63) is 0 Å². The molecule has 0 aromatic carbocycles. The van der Waals surface area contributed by atoms with Crippen molar-refractivity contribution in [2.45, 2.75) is 44.2 Å². The zero-order valence-corrected chi connectivity index (χ0v) is 11.1. The molecule has 1 saturated carbocycles. The van der Waals surface area contributed by atoms with Crippen LogP contribution in [-0.2, 0) is 4.79 Å². The van der Waals surface area contributed by atoms with Crippen LogP contribution in [0.5, 0.6) is 0 Å². The maximum absolute atomic E-state index is 12.6. The Bertz CT molecular complexity index is 263. The molecule has 1 heterocycles. The van der Waals surface area contributed by atoms with E-state index in [-0.39, 0.29) is 6.04 Å². The summed E-state index contributed by atoms with van der Waals surface area (Å²) in [6.45, 7) is 2.74. The first-order valence-corrected chi connectivity index (χ1v) is 6.89. The van der Waals surface area contributed by atoms with Gasteiger partial charge in [-0.25, -0.2) is 0 Å². The molecule has 1 amide bonds. The van der Waals surface area contributed by atoms with Gasteiger partial charge in [0.1, 0.15) is 6.04 Å². The highest BCUT2D eigenvalue weighted by molar-refractivity contribution is 5.82. The number of carbonyl (C=O) groups is 1. The maximum atomic E-state index is 12.6. The summed E-state index contributed by atoms with van der Waals surface area (Å²) < 4.78 is 0. The van der Waals surface area contributed by atoms with Crippen LogP contribution in [0.4, 0.5) is 0 Å². The van der Waals surface area contributed by atoms with E-state index >= 15 is 0 Å². The Balaban J connectivity index is 2.07. The van der Waals surface area contributed by atoms with E-state index in [1.54, 1.807) is 0 Å². The lowest BCUT2D eigenvalue weighted by atomic mass is 10.1. The van der Waals surface area contributed by atoms with Gasteiger partial charge < -0.3 is 10.2 Å². The summed E-state index contributed by atoms with van der Waals surface area (Å²) in [5.74, 6) is 0.339. The quantitative estimate of drug-likeness (QED) is 0.787. The molecule has 0 spiro atoms. The van der Waals surface area contributed by atoms with E-state index < -0.39 is 0 Å². The van der Waals surface area contributed by atoms with Gasteiger partial charge in [-0.2, -0.15) is 0 Å².